The van der Waals surface area contributed by atoms with Crippen LogP contribution in [0.4, 0.5) is 4.79 Å². The van der Waals surface area contributed by atoms with E-state index in [2.05, 4.69) is 5.32 Å². The number of nitrogens with zero attached hydrogens (tertiary/aromatic N) is 2. The number of hydrogen-bond acceptors (Lipinski definition) is 4. The van der Waals surface area contributed by atoms with Crippen LogP contribution in [-0.4, -0.2) is 32.6 Å². The molecule has 2 fully saturated rings. The Labute approximate surface area is 206 Å². The lowest BCUT2D eigenvalue weighted by Gasteiger charge is -2.12. The molecule has 1 aliphatic carbocycles. The largest absolute Gasteiger partial charge is 0.352 e. The first-order chi connectivity index (χ1) is 16.5. The highest BCUT2D eigenvalue weighted by Crippen LogP contribution is 2.35. The Kier molecular flexibility index (Phi) is 6.48. The molecule has 3 amide bonds. The van der Waals surface area contributed by atoms with E-state index in [0.29, 0.717) is 9.93 Å². The third-order valence-electron chi connectivity index (χ3n) is 6.27. The van der Waals surface area contributed by atoms with Crippen LogP contribution in [0.3, 0.4) is 0 Å². The topological polar surface area (TPSA) is 71.4 Å². The van der Waals surface area contributed by atoms with Gasteiger partial charge in [0, 0.05) is 33.7 Å². The van der Waals surface area contributed by atoms with Gasteiger partial charge in [0.05, 0.1) is 11.4 Å². The van der Waals surface area contributed by atoms with Gasteiger partial charge in [-0.1, -0.05) is 54.8 Å². The van der Waals surface area contributed by atoms with E-state index < -0.39 is 0 Å². The number of imide groups is 1. The summed E-state index contributed by atoms with van der Waals surface area (Å²) in [5.41, 5.74) is 2.55. The summed E-state index contributed by atoms with van der Waals surface area (Å²) in [6, 6.07) is 15.1. The smallest absolute Gasteiger partial charge is 0.293 e. The number of aromatic nitrogens is 1. The number of amides is 3. The van der Waals surface area contributed by atoms with Gasteiger partial charge in [0.1, 0.15) is 6.54 Å². The average molecular weight is 494 g/mol. The van der Waals surface area contributed by atoms with E-state index in [1.807, 2.05) is 35.0 Å². The average Bonchev–Trinajstić information content (AvgIpc) is 3.52. The Hall–Kier alpha value is -3.03. The quantitative estimate of drug-likeness (QED) is 0.454. The summed E-state index contributed by atoms with van der Waals surface area (Å²) in [5.74, 6) is -0.330. The molecule has 1 aliphatic heterocycles. The third kappa shape index (κ3) is 4.76. The Morgan fingerprint density at radius 3 is 2.59 bits per heavy atom. The van der Waals surface area contributed by atoms with Crippen molar-refractivity contribution in [2.75, 3.05) is 0 Å². The van der Waals surface area contributed by atoms with E-state index in [0.717, 1.165) is 59.5 Å². The molecule has 8 heteroatoms. The number of hydrogen-bond donors (Lipinski definition) is 1. The number of benzene rings is 2. The zero-order chi connectivity index (χ0) is 23.7. The number of halogens is 1. The number of thioether (sulfide) groups is 1. The van der Waals surface area contributed by atoms with Gasteiger partial charge < -0.3 is 9.88 Å². The zero-order valence-corrected chi connectivity index (χ0v) is 20.1. The van der Waals surface area contributed by atoms with Gasteiger partial charge in [-0.3, -0.25) is 19.3 Å². The molecule has 6 nitrogen and oxygen atoms in total. The maximum atomic E-state index is 13.0. The minimum absolute atomic E-state index is 0.0116. The third-order valence-corrected chi connectivity index (χ3v) is 7.43. The van der Waals surface area contributed by atoms with E-state index >= 15 is 0 Å². The first-order valence-corrected chi connectivity index (χ1v) is 12.5. The van der Waals surface area contributed by atoms with Gasteiger partial charge in [-0.15, -0.1) is 0 Å². The zero-order valence-electron chi connectivity index (χ0n) is 18.5. The van der Waals surface area contributed by atoms with Crippen LogP contribution < -0.4 is 5.32 Å². The molecule has 3 aromatic rings. The van der Waals surface area contributed by atoms with E-state index in [1.54, 1.807) is 30.3 Å². The Bertz CT molecular complexity index is 1290. The fourth-order valence-electron chi connectivity index (χ4n) is 4.57. The molecule has 0 atom stereocenters. The van der Waals surface area contributed by atoms with Gasteiger partial charge in [-0.25, -0.2) is 0 Å². The van der Waals surface area contributed by atoms with Crippen molar-refractivity contribution in [1.82, 2.24) is 14.8 Å². The minimum atomic E-state index is -0.319. The molecule has 1 saturated carbocycles. The second kappa shape index (κ2) is 9.68. The minimum Gasteiger partial charge on any atom is -0.352 e. The van der Waals surface area contributed by atoms with Crippen LogP contribution in [0.15, 0.2) is 59.6 Å². The van der Waals surface area contributed by atoms with Crippen molar-refractivity contribution in [3.05, 3.63) is 75.8 Å². The molecular weight excluding hydrogens is 470 g/mol. The predicted octanol–water partition coefficient (Wildman–Crippen LogP) is 5.59. The normalized spacial score (nSPS) is 17.9. The molecule has 2 aromatic carbocycles. The van der Waals surface area contributed by atoms with Crippen LogP contribution in [0.2, 0.25) is 5.02 Å². The maximum absolute atomic E-state index is 13.0. The number of nitrogens with one attached hydrogen (secondary N) is 1. The molecule has 1 saturated heterocycles. The van der Waals surface area contributed by atoms with E-state index in [1.165, 1.54) is 4.90 Å². The van der Waals surface area contributed by atoms with Crippen molar-refractivity contribution in [1.29, 1.82) is 0 Å². The van der Waals surface area contributed by atoms with Crippen LogP contribution in [-0.2, 0) is 22.7 Å². The highest BCUT2D eigenvalue weighted by molar-refractivity contribution is 8.18. The molecule has 0 spiro atoms. The molecule has 0 radical (unpaired) electrons. The van der Waals surface area contributed by atoms with Gasteiger partial charge in [-0.2, -0.15) is 0 Å². The number of carbonyl (C=O) groups is 3. The Morgan fingerprint density at radius 2 is 1.82 bits per heavy atom. The summed E-state index contributed by atoms with van der Waals surface area (Å²) >= 11 is 6.87. The fraction of sp³-hybridized carbons (Fsp3) is 0.269. The van der Waals surface area contributed by atoms with Crippen LogP contribution in [0, 0.1) is 0 Å². The van der Waals surface area contributed by atoms with E-state index in [9.17, 15) is 14.4 Å². The molecule has 174 valence electrons. The summed E-state index contributed by atoms with van der Waals surface area (Å²) < 4.78 is 1.91. The van der Waals surface area contributed by atoms with Gasteiger partial charge in [0.25, 0.3) is 11.1 Å². The number of fused-ring (bicyclic) bond motifs is 1. The molecule has 34 heavy (non-hydrogen) atoms. The lowest BCUT2D eigenvalue weighted by atomic mass is 10.1. The molecule has 1 N–H and O–H groups in total. The maximum Gasteiger partial charge on any atom is 0.293 e. The first kappa shape index (κ1) is 22.7. The summed E-state index contributed by atoms with van der Waals surface area (Å²) in [6.45, 7) is 0.408. The predicted molar refractivity (Wildman–Crippen MR) is 135 cm³/mol. The van der Waals surface area contributed by atoms with E-state index in [-0.39, 0.29) is 36.2 Å². The first-order valence-electron chi connectivity index (χ1n) is 11.3. The van der Waals surface area contributed by atoms with Crippen LogP contribution >= 0.6 is 23.4 Å². The lowest BCUT2D eigenvalue weighted by Crippen LogP contribution is -2.35. The number of carbonyl (C=O) groups excluding carboxylic acids is 3. The second-order valence-electron chi connectivity index (χ2n) is 8.67. The molecule has 2 heterocycles. The van der Waals surface area contributed by atoms with Crippen molar-refractivity contribution in [2.24, 2.45) is 0 Å². The van der Waals surface area contributed by atoms with Gasteiger partial charge in [0.2, 0.25) is 5.91 Å². The highest BCUT2D eigenvalue weighted by Gasteiger charge is 2.35. The summed E-state index contributed by atoms with van der Waals surface area (Å²) in [4.78, 5) is 39.9. The standard InChI is InChI=1S/C26H24ClN3O3S/c27-19-11-9-17(10-12-19)14-30-25(32)23(34-26(30)33)13-18-15-29(22-8-4-3-7-21(18)22)16-24(31)28-20-5-1-2-6-20/h3-4,7-13,15,20H,1-2,5-6,14,16H2,(H,28,31)/b23-13-. The molecule has 1 aromatic heterocycles. The van der Waals surface area contributed by atoms with Gasteiger partial charge in [-0.05, 0) is 54.4 Å². The molecule has 2 aliphatic rings. The Balaban J connectivity index is 1.38. The summed E-state index contributed by atoms with van der Waals surface area (Å²) in [6.07, 6.45) is 8.03. The fourth-order valence-corrected chi connectivity index (χ4v) is 5.52. The number of rotatable bonds is 6. The van der Waals surface area contributed by atoms with Gasteiger partial charge in [0.15, 0.2) is 0 Å². The molecule has 0 unspecified atom stereocenters. The SMILES string of the molecule is O=C(Cn1cc(/C=C2\SC(=O)N(Cc3ccc(Cl)cc3)C2=O)c2ccccc21)NC1CCCC1. The number of para-hydroxylation sites is 1. The van der Waals surface area contributed by atoms with Crippen molar-refractivity contribution in [3.63, 3.8) is 0 Å². The van der Waals surface area contributed by atoms with E-state index in [4.69, 9.17) is 11.6 Å². The van der Waals surface area contributed by atoms with Crippen LogP contribution in [0.1, 0.15) is 36.8 Å². The molecule has 0 bridgehead atoms. The van der Waals surface area contributed by atoms with Crippen LogP contribution in [0.25, 0.3) is 17.0 Å². The van der Waals surface area contributed by atoms with Crippen molar-refractivity contribution >= 4 is 57.4 Å². The second-order valence-corrected chi connectivity index (χ2v) is 10.1. The van der Waals surface area contributed by atoms with Gasteiger partial charge >= 0.3 is 0 Å². The van der Waals surface area contributed by atoms with Crippen molar-refractivity contribution in [2.45, 2.75) is 44.8 Å². The monoisotopic (exact) mass is 493 g/mol. The van der Waals surface area contributed by atoms with Crippen molar-refractivity contribution < 1.29 is 14.4 Å². The molecule has 5 rings (SSSR count). The highest BCUT2D eigenvalue weighted by atomic mass is 35.5. The summed E-state index contributed by atoms with van der Waals surface area (Å²) in [7, 11) is 0. The Morgan fingerprint density at radius 1 is 1.09 bits per heavy atom. The van der Waals surface area contributed by atoms with Crippen molar-refractivity contribution in [3.8, 4) is 0 Å². The summed E-state index contributed by atoms with van der Waals surface area (Å²) in [5, 5.41) is 4.36. The lowest BCUT2D eigenvalue weighted by molar-refractivity contribution is -0.123. The van der Waals surface area contributed by atoms with Crippen LogP contribution in [0.5, 0.6) is 0 Å². The molecular formula is C26H24ClN3O3S.